The summed E-state index contributed by atoms with van der Waals surface area (Å²) in [6.07, 6.45) is 3.95. The monoisotopic (exact) mass is 383 g/mol. The number of nitrogens with zero attached hydrogens (tertiary/aromatic N) is 1. The minimum absolute atomic E-state index is 0.135. The summed E-state index contributed by atoms with van der Waals surface area (Å²) in [5.41, 5.74) is 3.47. The van der Waals surface area contributed by atoms with Gasteiger partial charge >= 0.3 is 0 Å². The van der Waals surface area contributed by atoms with Crippen LogP contribution in [0.3, 0.4) is 0 Å². The summed E-state index contributed by atoms with van der Waals surface area (Å²) in [6.45, 7) is 7.09. The first-order chi connectivity index (χ1) is 13.2. The Bertz CT molecular complexity index is 741. The van der Waals surface area contributed by atoms with E-state index in [9.17, 15) is 0 Å². The Morgan fingerprint density at radius 1 is 1.11 bits per heavy atom. The van der Waals surface area contributed by atoms with Gasteiger partial charge in [0.2, 0.25) is 0 Å². The van der Waals surface area contributed by atoms with Gasteiger partial charge < -0.3 is 20.3 Å². The Morgan fingerprint density at radius 2 is 1.85 bits per heavy atom. The van der Waals surface area contributed by atoms with Crippen LogP contribution in [-0.2, 0) is 0 Å². The lowest BCUT2D eigenvalue weighted by Crippen LogP contribution is -2.31. The number of anilines is 2. The summed E-state index contributed by atoms with van der Waals surface area (Å²) in [7, 11) is 0. The molecule has 0 bridgehead atoms. The fourth-order valence-electron chi connectivity index (χ4n) is 3.40. The smallest absolute Gasteiger partial charge is 0.171 e. The number of benzene rings is 2. The molecule has 144 valence electrons. The molecule has 0 unspecified atom stereocenters. The van der Waals surface area contributed by atoms with E-state index in [1.54, 1.807) is 0 Å². The molecule has 1 fully saturated rings. The molecule has 0 aliphatic carbocycles. The second-order valence-corrected chi connectivity index (χ2v) is 7.33. The molecule has 0 saturated carbocycles. The van der Waals surface area contributed by atoms with Gasteiger partial charge in [-0.1, -0.05) is 18.2 Å². The summed E-state index contributed by atoms with van der Waals surface area (Å²) in [6, 6.07) is 16.8. The Kier molecular flexibility index (Phi) is 6.93. The van der Waals surface area contributed by atoms with Gasteiger partial charge in [-0.2, -0.15) is 0 Å². The van der Waals surface area contributed by atoms with Gasteiger partial charge in [0.1, 0.15) is 5.75 Å². The fraction of sp³-hybridized carbons (Fsp3) is 0.409. The lowest BCUT2D eigenvalue weighted by atomic mass is 10.1. The molecule has 0 radical (unpaired) electrons. The molecule has 2 aromatic carbocycles. The van der Waals surface area contributed by atoms with Gasteiger partial charge in [-0.15, -0.1) is 0 Å². The van der Waals surface area contributed by atoms with E-state index < -0.39 is 0 Å². The van der Waals surface area contributed by atoms with Crippen LogP contribution in [0.15, 0.2) is 48.5 Å². The van der Waals surface area contributed by atoms with Crippen molar-refractivity contribution in [3.8, 4) is 5.75 Å². The van der Waals surface area contributed by atoms with Crippen LogP contribution in [0.1, 0.15) is 44.7 Å². The second-order valence-electron chi connectivity index (χ2n) is 6.92. The number of rotatable bonds is 6. The highest BCUT2D eigenvalue weighted by molar-refractivity contribution is 7.80. The van der Waals surface area contributed by atoms with E-state index in [1.807, 2.05) is 31.2 Å². The Labute approximate surface area is 167 Å². The first-order valence-corrected chi connectivity index (χ1v) is 10.2. The van der Waals surface area contributed by atoms with Crippen molar-refractivity contribution in [3.05, 3.63) is 54.1 Å². The van der Waals surface area contributed by atoms with Crippen molar-refractivity contribution in [1.82, 2.24) is 5.32 Å². The molecule has 0 spiro atoms. The minimum atomic E-state index is 0.135. The van der Waals surface area contributed by atoms with Crippen LogP contribution in [0, 0.1) is 0 Å². The van der Waals surface area contributed by atoms with Crippen molar-refractivity contribution >= 4 is 28.7 Å². The van der Waals surface area contributed by atoms with Crippen molar-refractivity contribution in [2.75, 3.05) is 29.9 Å². The quantitative estimate of drug-likeness (QED) is 0.677. The van der Waals surface area contributed by atoms with E-state index in [0.29, 0.717) is 11.7 Å². The van der Waals surface area contributed by atoms with E-state index in [1.165, 1.54) is 43.6 Å². The molecule has 2 N–H and O–H groups in total. The van der Waals surface area contributed by atoms with E-state index in [4.69, 9.17) is 17.0 Å². The molecule has 27 heavy (non-hydrogen) atoms. The molecule has 2 aromatic rings. The summed E-state index contributed by atoms with van der Waals surface area (Å²) in [5, 5.41) is 7.21. The minimum Gasteiger partial charge on any atom is -0.494 e. The molecule has 0 aromatic heterocycles. The number of nitrogens with one attached hydrogen (secondary N) is 2. The third-order valence-electron chi connectivity index (χ3n) is 4.86. The fourth-order valence-corrected chi connectivity index (χ4v) is 3.70. The molecule has 4 nitrogen and oxygen atoms in total. The maximum atomic E-state index is 5.53. The zero-order valence-corrected chi connectivity index (χ0v) is 17.0. The normalized spacial score (nSPS) is 15.1. The number of piperidine rings is 1. The van der Waals surface area contributed by atoms with Gasteiger partial charge in [-0.3, -0.25) is 0 Å². The molecule has 0 amide bonds. The number of thiocarbonyl (C=S) groups is 1. The van der Waals surface area contributed by atoms with Gasteiger partial charge in [-0.25, -0.2) is 0 Å². The average Bonchev–Trinajstić information content (AvgIpc) is 2.69. The van der Waals surface area contributed by atoms with Crippen LogP contribution >= 0.6 is 12.2 Å². The Balaban J connectivity index is 1.55. The molecule has 5 heteroatoms. The van der Waals surface area contributed by atoms with Crippen LogP contribution in [0.4, 0.5) is 11.4 Å². The van der Waals surface area contributed by atoms with Crippen molar-refractivity contribution in [3.63, 3.8) is 0 Å². The van der Waals surface area contributed by atoms with Crippen LogP contribution in [0.25, 0.3) is 0 Å². The van der Waals surface area contributed by atoms with Crippen molar-refractivity contribution < 1.29 is 4.74 Å². The highest BCUT2D eigenvalue weighted by Gasteiger charge is 2.12. The average molecular weight is 384 g/mol. The second kappa shape index (κ2) is 9.60. The lowest BCUT2D eigenvalue weighted by molar-refractivity contribution is 0.340. The van der Waals surface area contributed by atoms with Gasteiger partial charge in [0.15, 0.2) is 5.11 Å². The third-order valence-corrected chi connectivity index (χ3v) is 5.08. The molecule has 1 aliphatic rings. The lowest BCUT2D eigenvalue weighted by Gasteiger charge is -2.29. The predicted molar refractivity (Wildman–Crippen MR) is 118 cm³/mol. The van der Waals surface area contributed by atoms with Crippen molar-refractivity contribution in [2.24, 2.45) is 0 Å². The number of ether oxygens (including phenoxy) is 1. The number of hydrogen-bond donors (Lipinski definition) is 2. The highest BCUT2D eigenvalue weighted by Crippen LogP contribution is 2.23. The summed E-state index contributed by atoms with van der Waals surface area (Å²) >= 11 is 5.48. The summed E-state index contributed by atoms with van der Waals surface area (Å²) in [4.78, 5) is 2.48. The Morgan fingerprint density at radius 3 is 2.56 bits per heavy atom. The summed E-state index contributed by atoms with van der Waals surface area (Å²) < 4.78 is 5.53. The summed E-state index contributed by atoms with van der Waals surface area (Å²) in [5.74, 6) is 0.839. The number of hydrogen-bond acceptors (Lipinski definition) is 3. The van der Waals surface area contributed by atoms with Crippen LogP contribution in [-0.4, -0.2) is 24.8 Å². The molecular formula is C22H29N3OS. The zero-order chi connectivity index (χ0) is 19.1. The topological polar surface area (TPSA) is 36.5 Å². The van der Waals surface area contributed by atoms with E-state index in [-0.39, 0.29) is 6.04 Å². The van der Waals surface area contributed by atoms with Gasteiger partial charge in [-0.05, 0) is 75.2 Å². The van der Waals surface area contributed by atoms with Crippen LogP contribution < -0.4 is 20.3 Å². The molecule has 1 aliphatic heterocycles. The maximum Gasteiger partial charge on any atom is 0.171 e. The first-order valence-electron chi connectivity index (χ1n) is 9.81. The molecule has 3 rings (SSSR count). The van der Waals surface area contributed by atoms with E-state index in [2.05, 4.69) is 46.7 Å². The van der Waals surface area contributed by atoms with Gasteiger partial charge in [0.25, 0.3) is 0 Å². The van der Waals surface area contributed by atoms with Crippen LogP contribution in [0.2, 0.25) is 0 Å². The van der Waals surface area contributed by atoms with E-state index in [0.717, 1.165) is 11.4 Å². The standard InChI is InChI=1S/C22H29N3OS/c1-3-26-21-9-7-8-19(16-21)24-22(27)23-17(2)18-10-12-20(13-11-18)25-14-5-4-6-15-25/h7-13,16-17H,3-6,14-15H2,1-2H3,(H2,23,24,27)/t17-/m1/s1. The zero-order valence-electron chi connectivity index (χ0n) is 16.2. The van der Waals surface area contributed by atoms with Crippen molar-refractivity contribution in [2.45, 2.75) is 39.2 Å². The van der Waals surface area contributed by atoms with Gasteiger partial charge in [0.05, 0.1) is 12.6 Å². The maximum absolute atomic E-state index is 5.53. The Hall–Kier alpha value is -2.27. The largest absolute Gasteiger partial charge is 0.494 e. The first kappa shape index (κ1) is 19.5. The van der Waals surface area contributed by atoms with E-state index >= 15 is 0 Å². The molecule has 1 heterocycles. The van der Waals surface area contributed by atoms with Crippen molar-refractivity contribution in [1.29, 1.82) is 0 Å². The van der Waals surface area contributed by atoms with Crippen LogP contribution in [0.5, 0.6) is 5.75 Å². The third kappa shape index (κ3) is 5.60. The molecule has 1 saturated heterocycles. The van der Waals surface area contributed by atoms with Gasteiger partial charge in [0, 0.05) is 30.5 Å². The molecule has 1 atom stereocenters. The molecular weight excluding hydrogens is 354 g/mol. The predicted octanol–water partition coefficient (Wildman–Crippen LogP) is 5.12. The highest BCUT2D eigenvalue weighted by atomic mass is 32.1. The SMILES string of the molecule is CCOc1cccc(NC(=S)N[C@H](C)c2ccc(N3CCCCC3)cc2)c1.